The van der Waals surface area contributed by atoms with E-state index in [1.165, 1.54) is 11.8 Å². The smallest absolute Gasteiger partial charge is 0.327 e. The fourth-order valence-electron chi connectivity index (χ4n) is 3.87. The SMILES string of the molecule is C[C@H](NC(=O)CN)C(=O)N1CCC[C@H]1C(=O)N[C@@H](CCCCN)C(=O)N[C@@H](CO)C(=O)N[C@@H](CS)C(=O)O. The first-order chi connectivity index (χ1) is 18.0. The summed E-state index contributed by atoms with van der Waals surface area (Å²) in [4.78, 5) is 75.4. The normalized spacial score (nSPS) is 18.0. The van der Waals surface area contributed by atoms with Crippen LogP contribution in [0.25, 0.3) is 0 Å². The number of amides is 5. The molecule has 1 aliphatic rings. The zero-order chi connectivity index (χ0) is 28.8. The zero-order valence-corrected chi connectivity index (χ0v) is 22.2. The number of carbonyl (C=O) groups is 6. The Kier molecular flexibility index (Phi) is 14.6. The summed E-state index contributed by atoms with van der Waals surface area (Å²) in [6, 6.07) is -5.72. The lowest BCUT2D eigenvalue weighted by atomic mass is 10.1. The van der Waals surface area contributed by atoms with Gasteiger partial charge in [-0.25, -0.2) is 4.79 Å². The number of likely N-dealkylation sites (tertiary alicyclic amines) is 1. The molecule has 0 aliphatic carbocycles. The van der Waals surface area contributed by atoms with E-state index < -0.39 is 72.3 Å². The largest absolute Gasteiger partial charge is 0.480 e. The lowest BCUT2D eigenvalue weighted by molar-refractivity contribution is -0.142. The molecular formula is C22H39N7O8S. The Labute approximate surface area is 226 Å². The van der Waals surface area contributed by atoms with Crippen molar-refractivity contribution in [3.63, 3.8) is 0 Å². The number of aliphatic hydroxyl groups excluding tert-OH is 1. The third-order valence-electron chi connectivity index (χ3n) is 5.96. The number of carboxylic acids is 1. The van der Waals surface area contributed by atoms with Crippen LogP contribution in [-0.2, 0) is 28.8 Å². The predicted molar refractivity (Wildman–Crippen MR) is 139 cm³/mol. The number of aliphatic carboxylic acids is 1. The van der Waals surface area contributed by atoms with Gasteiger partial charge in [-0.1, -0.05) is 0 Å². The van der Waals surface area contributed by atoms with Crippen molar-refractivity contribution in [2.75, 3.05) is 32.0 Å². The van der Waals surface area contributed by atoms with Crippen LogP contribution in [0.2, 0.25) is 0 Å². The van der Waals surface area contributed by atoms with Gasteiger partial charge < -0.3 is 47.8 Å². The lowest BCUT2D eigenvalue weighted by Gasteiger charge is -2.29. The van der Waals surface area contributed by atoms with E-state index in [-0.39, 0.29) is 25.3 Å². The van der Waals surface area contributed by atoms with E-state index in [1.54, 1.807) is 0 Å². The second kappa shape index (κ2) is 16.8. The van der Waals surface area contributed by atoms with E-state index >= 15 is 0 Å². The number of carbonyl (C=O) groups excluding carboxylic acids is 5. The quantitative estimate of drug-likeness (QED) is 0.0653. The first-order valence-electron chi connectivity index (χ1n) is 12.4. The predicted octanol–water partition coefficient (Wildman–Crippen LogP) is -3.97. The van der Waals surface area contributed by atoms with Gasteiger partial charge in [-0.15, -0.1) is 0 Å². The van der Waals surface area contributed by atoms with Crippen LogP contribution in [0.15, 0.2) is 0 Å². The first-order valence-corrected chi connectivity index (χ1v) is 13.0. The maximum atomic E-state index is 13.1. The van der Waals surface area contributed by atoms with Gasteiger partial charge in [0.05, 0.1) is 13.2 Å². The Morgan fingerprint density at radius 1 is 0.974 bits per heavy atom. The van der Waals surface area contributed by atoms with Crippen molar-refractivity contribution < 1.29 is 39.0 Å². The summed E-state index contributed by atoms with van der Waals surface area (Å²) in [5.41, 5.74) is 10.8. The molecule has 0 radical (unpaired) electrons. The number of aliphatic hydroxyl groups is 1. The van der Waals surface area contributed by atoms with Gasteiger partial charge in [0.25, 0.3) is 0 Å². The molecule has 216 valence electrons. The summed E-state index contributed by atoms with van der Waals surface area (Å²) < 4.78 is 0. The molecule has 0 bridgehead atoms. The highest BCUT2D eigenvalue weighted by Crippen LogP contribution is 2.19. The van der Waals surface area contributed by atoms with Crippen LogP contribution in [-0.4, -0.2) is 113 Å². The van der Waals surface area contributed by atoms with Gasteiger partial charge in [-0.2, -0.15) is 12.6 Å². The van der Waals surface area contributed by atoms with E-state index in [0.717, 1.165) is 0 Å². The fourth-order valence-corrected chi connectivity index (χ4v) is 4.12. The third-order valence-corrected chi connectivity index (χ3v) is 6.33. The average Bonchev–Trinajstić information content (AvgIpc) is 3.38. The molecule has 1 rings (SSSR count). The molecule has 1 heterocycles. The molecule has 0 unspecified atom stereocenters. The summed E-state index contributed by atoms with van der Waals surface area (Å²) in [7, 11) is 0. The van der Waals surface area contributed by atoms with Gasteiger partial charge >= 0.3 is 5.97 Å². The van der Waals surface area contributed by atoms with Crippen LogP contribution in [0, 0.1) is 0 Å². The molecule has 5 atom stereocenters. The first kappa shape index (κ1) is 33.1. The fraction of sp³-hybridized carbons (Fsp3) is 0.727. The van der Waals surface area contributed by atoms with Gasteiger partial charge in [-0.3, -0.25) is 24.0 Å². The Morgan fingerprint density at radius 3 is 2.16 bits per heavy atom. The second-order valence-electron chi connectivity index (χ2n) is 8.85. The van der Waals surface area contributed by atoms with Crippen molar-refractivity contribution in [3.05, 3.63) is 0 Å². The molecule has 0 aromatic rings. The summed E-state index contributed by atoms with van der Waals surface area (Å²) in [6.07, 6.45) is 2.05. The van der Waals surface area contributed by atoms with E-state index in [0.29, 0.717) is 32.2 Å². The number of unbranched alkanes of at least 4 members (excludes halogenated alkanes) is 1. The van der Waals surface area contributed by atoms with Crippen LogP contribution in [0.5, 0.6) is 0 Å². The topological polar surface area (TPSA) is 246 Å². The molecule has 0 spiro atoms. The average molecular weight is 562 g/mol. The van der Waals surface area contributed by atoms with Crippen LogP contribution < -0.4 is 32.7 Å². The lowest BCUT2D eigenvalue weighted by Crippen LogP contribution is -2.59. The molecule has 1 saturated heterocycles. The standard InChI is InChI=1S/C22H39N7O8S/c1-12(25-17(31)9-24)21(35)29-8-4-6-16(29)20(34)26-13(5-2-3-7-23)18(32)27-14(10-30)19(33)28-15(11-38)22(36)37/h12-16,30,38H,2-11,23-24H2,1H3,(H,25,31)(H,26,34)(H,27,32)(H,28,33)(H,36,37)/t12-,13-,14-,15-,16-/m0/s1. The Hall–Kier alpha value is -2.95. The van der Waals surface area contributed by atoms with Crippen molar-refractivity contribution in [1.82, 2.24) is 26.2 Å². The highest BCUT2D eigenvalue weighted by molar-refractivity contribution is 7.80. The number of nitrogens with one attached hydrogen (secondary N) is 4. The summed E-state index contributed by atoms with van der Waals surface area (Å²) >= 11 is 3.86. The zero-order valence-electron chi connectivity index (χ0n) is 21.4. The molecule has 0 aromatic carbocycles. The molecule has 38 heavy (non-hydrogen) atoms. The van der Waals surface area contributed by atoms with Gasteiger partial charge in [0.1, 0.15) is 30.2 Å². The molecule has 1 aliphatic heterocycles. The number of carboxylic acid groups (broad SMARTS) is 1. The molecule has 10 N–H and O–H groups in total. The van der Waals surface area contributed by atoms with Crippen molar-refractivity contribution in [2.24, 2.45) is 11.5 Å². The van der Waals surface area contributed by atoms with Crippen molar-refractivity contribution in [2.45, 2.75) is 69.2 Å². The van der Waals surface area contributed by atoms with E-state index in [9.17, 15) is 33.9 Å². The van der Waals surface area contributed by atoms with Crippen molar-refractivity contribution >= 4 is 48.1 Å². The summed E-state index contributed by atoms with van der Waals surface area (Å²) in [6.45, 7) is 1.000. The number of rotatable bonds is 16. The van der Waals surface area contributed by atoms with E-state index in [2.05, 4.69) is 33.9 Å². The van der Waals surface area contributed by atoms with Crippen LogP contribution in [0.3, 0.4) is 0 Å². The molecular weight excluding hydrogens is 522 g/mol. The van der Waals surface area contributed by atoms with Gasteiger partial charge in [0, 0.05) is 12.3 Å². The Balaban J connectivity index is 2.95. The molecule has 0 aromatic heterocycles. The number of hydrogen-bond donors (Lipinski definition) is 9. The monoisotopic (exact) mass is 561 g/mol. The molecule has 16 heteroatoms. The van der Waals surface area contributed by atoms with Gasteiger partial charge in [0.15, 0.2) is 0 Å². The third kappa shape index (κ3) is 10.1. The number of nitrogens with two attached hydrogens (primary N) is 2. The summed E-state index contributed by atoms with van der Waals surface area (Å²) in [5, 5.41) is 28.3. The minimum atomic E-state index is -1.48. The maximum Gasteiger partial charge on any atom is 0.327 e. The minimum Gasteiger partial charge on any atom is -0.480 e. The molecule has 5 amide bonds. The maximum absolute atomic E-state index is 13.1. The second-order valence-corrected chi connectivity index (χ2v) is 9.22. The van der Waals surface area contributed by atoms with E-state index in [4.69, 9.17) is 16.6 Å². The molecule has 1 fully saturated rings. The number of nitrogens with zero attached hydrogens (tertiary/aromatic N) is 1. The minimum absolute atomic E-state index is 0.159. The van der Waals surface area contributed by atoms with Crippen molar-refractivity contribution in [1.29, 1.82) is 0 Å². The van der Waals surface area contributed by atoms with Crippen LogP contribution in [0.4, 0.5) is 0 Å². The van der Waals surface area contributed by atoms with Crippen molar-refractivity contribution in [3.8, 4) is 0 Å². The highest BCUT2D eigenvalue weighted by atomic mass is 32.1. The summed E-state index contributed by atoms with van der Waals surface area (Å²) in [5.74, 6) is -4.84. The van der Waals surface area contributed by atoms with Gasteiger partial charge in [0.2, 0.25) is 29.5 Å². The van der Waals surface area contributed by atoms with Crippen LogP contribution >= 0.6 is 12.6 Å². The molecule has 0 saturated carbocycles. The van der Waals surface area contributed by atoms with E-state index in [1.807, 2.05) is 0 Å². The number of hydrogen-bond acceptors (Lipinski definition) is 10. The number of thiol groups is 1. The Morgan fingerprint density at radius 2 is 1.61 bits per heavy atom. The van der Waals surface area contributed by atoms with Gasteiger partial charge in [-0.05, 0) is 45.6 Å². The highest BCUT2D eigenvalue weighted by Gasteiger charge is 2.38. The van der Waals surface area contributed by atoms with Crippen LogP contribution in [0.1, 0.15) is 39.0 Å². The molecule has 15 nitrogen and oxygen atoms in total. The Bertz CT molecular complexity index is 862.